The monoisotopic (exact) mass is 177 g/mol. The third-order valence-electron chi connectivity index (χ3n) is 2.58. The van der Waals surface area contributed by atoms with Crippen LogP contribution in [0.4, 0.5) is 0 Å². The predicted octanol–water partition coefficient (Wildman–Crippen LogP) is 1.77. The van der Waals surface area contributed by atoms with Crippen LogP contribution in [0.25, 0.3) is 0 Å². The van der Waals surface area contributed by atoms with Crippen molar-refractivity contribution in [2.45, 2.75) is 19.1 Å². The van der Waals surface area contributed by atoms with Gasteiger partial charge in [-0.3, -0.25) is 4.90 Å². The maximum atomic E-state index is 9.95. The van der Waals surface area contributed by atoms with Crippen molar-refractivity contribution in [1.82, 2.24) is 4.90 Å². The van der Waals surface area contributed by atoms with E-state index in [1.807, 2.05) is 30.3 Å². The molecule has 0 spiro atoms. The van der Waals surface area contributed by atoms with Gasteiger partial charge in [0.15, 0.2) is 0 Å². The van der Waals surface area contributed by atoms with Crippen LogP contribution in [0.15, 0.2) is 30.3 Å². The van der Waals surface area contributed by atoms with Gasteiger partial charge in [-0.15, -0.1) is 0 Å². The summed E-state index contributed by atoms with van der Waals surface area (Å²) >= 11 is 0. The first kappa shape index (κ1) is 8.73. The highest BCUT2D eigenvalue weighted by atomic mass is 16.3. The molecule has 0 aliphatic carbocycles. The highest BCUT2D eigenvalue weighted by Crippen LogP contribution is 2.21. The highest BCUT2D eigenvalue weighted by Gasteiger charge is 2.20. The first-order valence-corrected chi connectivity index (χ1v) is 4.85. The van der Waals surface area contributed by atoms with E-state index in [0.29, 0.717) is 0 Å². The van der Waals surface area contributed by atoms with Crippen LogP contribution in [0, 0.1) is 0 Å². The zero-order valence-electron chi connectivity index (χ0n) is 7.69. The summed E-state index contributed by atoms with van der Waals surface area (Å²) in [5.74, 6) is 0. The predicted molar refractivity (Wildman–Crippen MR) is 52.2 cm³/mol. The van der Waals surface area contributed by atoms with E-state index in [1.165, 1.54) is 12.8 Å². The molecule has 2 nitrogen and oxygen atoms in total. The molecule has 2 heteroatoms. The van der Waals surface area contributed by atoms with Gasteiger partial charge in [-0.1, -0.05) is 30.3 Å². The van der Waals surface area contributed by atoms with Crippen LogP contribution in [0.3, 0.4) is 0 Å². The molecule has 2 rings (SSSR count). The lowest BCUT2D eigenvalue weighted by Crippen LogP contribution is -2.25. The normalized spacial score (nSPS) is 20.4. The SMILES string of the molecule is OC(c1ccccc1)N1CCCC1. The third kappa shape index (κ3) is 1.90. The fraction of sp³-hybridized carbons (Fsp3) is 0.455. The summed E-state index contributed by atoms with van der Waals surface area (Å²) in [4.78, 5) is 2.12. The summed E-state index contributed by atoms with van der Waals surface area (Å²) in [7, 11) is 0. The van der Waals surface area contributed by atoms with E-state index >= 15 is 0 Å². The first-order chi connectivity index (χ1) is 6.38. The molecule has 1 N–H and O–H groups in total. The fourth-order valence-corrected chi connectivity index (χ4v) is 1.82. The minimum Gasteiger partial charge on any atom is -0.374 e. The second kappa shape index (κ2) is 3.90. The Morgan fingerprint density at radius 2 is 1.69 bits per heavy atom. The lowest BCUT2D eigenvalue weighted by molar-refractivity contribution is 0.0190. The van der Waals surface area contributed by atoms with Crippen molar-refractivity contribution < 1.29 is 5.11 Å². The number of hydrogen-bond donors (Lipinski definition) is 1. The molecule has 1 aliphatic rings. The molecule has 70 valence electrons. The standard InChI is InChI=1S/C11H15NO/c13-11(12-8-4-5-9-12)10-6-2-1-3-7-10/h1-3,6-7,11,13H,4-5,8-9H2. The Labute approximate surface area is 78.8 Å². The number of benzene rings is 1. The Hall–Kier alpha value is -0.860. The number of rotatable bonds is 2. The van der Waals surface area contributed by atoms with E-state index in [4.69, 9.17) is 0 Å². The maximum Gasteiger partial charge on any atom is 0.133 e. The van der Waals surface area contributed by atoms with Crippen molar-refractivity contribution in [2.24, 2.45) is 0 Å². The third-order valence-corrected chi connectivity index (χ3v) is 2.58. The molecule has 0 radical (unpaired) electrons. The van der Waals surface area contributed by atoms with E-state index in [0.717, 1.165) is 18.7 Å². The summed E-state index contributed by atoms with van der Waals surface area (Å²) < 4.78 is 0. The van der Waals surface area contributed by atoms with Crippen LogP contribution < -0.4 is 0 Å². The van der Waals surface area contributed by atoms with E-state index in [2.05, 4.69) is 4.90 Å². The molecule has 1 atom stereocenters. The van der Waals surface area contributed by atoms with Gasteiger partial charge in [0.25, 0.3) is 0 Å². The molecule has 1 heterocycles. The molecule has 0 bridgehead atoms. The molecule has 1 saturated heterocycles. The molecule has 1 fully saturated rings. The van der Waals surface area contributed by atoms with Gasteiger partial charge < -0.3 is 5.11 Å². The van der Waals surface area contributed by atoms with Crippen molar-refractivity contribution >= 4 is 0 Å². The van der Waals surface area contributed by atoms with Crippen molar-refractivity contribution in [3.63, 3.8) is 0 Å². The van der Waals surface area contributed by atoms with E-state index in [9.17, 15) is 5.11 Å². The van der Waals surface area contributed by atoms with Gasteiger partial charge in [-0.05, 0) is 18.4 Å². The van der Waals surface area contributed by atoms with Crippen LogP contribution in [0.1, 0.15) is 24.6 Å². The van der Waals surface area contributed by atoms with Crippen LogP contribution in [0.2, 0.25) is 0 Å². The van der Waals surface area contributed by atoms with E-state index < -0.39 is 6.23 Å². The zero-order valence-corrected chi connectivity index (χ0v) is 7.69. The first-order valence-electron chi connectivity index (χ1n) is 4.85. The highest BCUT2D eigenvalue weighted by molar-refractivity contribution is 5.16. The van der Waals surface area contributed by atoms with Crippen molar-refractivity contribution in [3.05, 3.63) is 35.9 Å². The molecule has 0 saturated carbocycles. The summed E-state index contributed by atoms with van der Waals surface area (Å²) in [5, 5.41) is 9.95. The molecule has 0 aromatic heterocycles. The molecule has 1 unspecified atom stereocenters. The molecule has 1 aromatic carbocycles. The topological polar surface area (TPSA) is 23.5 Å². The molecule has 1 aromatic rings. The Morgan fingerprint density at radius 3 is 2.31 bits per heavy atom. The van der Waals surface area contributed by atoms with Gasteiger partial charge in [-0.2, -0.15) is 0 Å². The van der Waals surface area contributed by atoms with E-state index in [-0.39, 0.29) is 0 Å². The number of aliphatic hydroxyl groups excluding tert-OH is 1. The summed E-state index contributed by atoms with van der Waals surface area (Å²) in [6.45, 7) is 2.05. The van der Waals surface area contributed by atoms with E-state index in [1.54, 1.807) is 0 Å². The lowest BCUT2D eigenvalue weighted by Gasteiger charge is -2.22. The second-order valence-electron chi connectivity index (χ2n) is 3.53. The van der Waals surface area contributed by atoms with Gasteiger partial charge in [0.1, 0.15) is 6.23 Å². The number of likely N-dealkylation sites (tertiary alicyclic amines) is 1. The van der Waals surface area contributed by atoms with Crippen LogP contribution >= 0.6 is 0 Å². The van der Waals surface area contributed by atoms with Crippen LogP contribution in [0.5, 0.6) is 0 Å². The number of aliphatic hydroxyl groups is 1. The Kier molecular flexibility index (Phi) is 2.62. The molecular formula is C11H15NO. The average molecular weight is 177 g/mol. The van der Waals surface area contributed by atoms with Gasteiger partial charge in [-0.25, -0.2) is 0 Å². The molecule has 1 aliphatic heterocycles. The zero-order chi connectivity index (χ0) is 9.10. The van der Waals surface area contributed by atoms with Crippen molar-refractivity contribution in [2.75, 3.05) is 13.1 Å². The summed E-state index contributed by atoms with van der Waals surface area (Å²) in [5.41, 5.74) is 1.00. The average Bonchev–Trinajstić information content (AvgIpc) is 2.71. The Bertz CT molecular complexity index is 254. The fourth-order valence-electron chi connectivity index (χ4n) is 1.82. The number of nitrogens with zero attached hydrogens (tertiary/aromatic N) is 1. The number of hydrogen-bond acceptors (Lipinski definition) is 2. The van der Waals surface area contributed by atoms with Gasteiger partial charge in [0, 0.05) is 13.1 Å². The summed E-state index contributed by atoms with van der Waals surface area (Å²) in [6.07, 6.45) is 2.03. The summed E-state index contributed by atoms with van der Waals surface area (Å²) in [6, 6.07) is 9.86. The molecule has 13 heavy (non-hydrogen) atoms. The minimum atomic E-state index is -0.399. The quantitative estimate of drug-likeness (QED) is 0.744. The maximum absolute atomic E-state index is 9.95. The Morgan fingerprint density at radius 1 is 1.08 bits per heavy atom. The molecule has 0 amide bonds. The van der Waals surface area contributed by atoms with Crippen LogP contribution in [-0.4, -0.2) is 23.1 Å². The smallest absolute Gasteiger partial charge is 0.133 e. The van der Waals surface area contributed by atoms with Gasteiger partial charge in [0.2, 0.25) is 0 Å². The van der Waals surface area contributed by atoms with Gasteiger partial charge >= 0.3 is 0 Å². The largest absolute Gasteiger partial charge is 0.374 e. The van der Waals surface area contributed by atoms with Crippen molar-refractivity contribution in [3.8, 4) is 0 Å². The second-order valence-corrected chi connectivity index (χ2v) is 3.53. The molecular weight excluding hydrogens is 162 g/mol. The van der Waals surface area contributed by atoms with Crippen LogP contribution in [-0.2, 0) is 0 Å². The van der Waals surface area contributed by atoms with Crippen molar-refractivity contribution in [1.29, 1.82) is 0 Å². The van der Waals surface area contributed by atoms with Gasteiger partial charge in [0.05, 0.1) is 0 Å². The minimum absolute atomic E-state index is 0.399. The Balaban J connectivity index is 2.08. The lowest BCUT2D eigenvalue weighted by atomic mass is 10.2.